The van der Waals surface area contributed by atoms with E-state index >= 15 is 0 Å². The number of aryl methyl sites for hydroxylation is 1. The van der Waals surface area contributed by atoms with Crippen LogP contribution >= 0.6 is 11.3 Å². The van der Waals surface area contributed by atoms with Crippen molar-refractivity contribution in [2.24, 2.45) is 11.8 Å². The van der Waals surface area contributed by atoms with E-state index in [0.29, 0.717) is 11.5 Å². The predicted molar refractivity (Wildman–Crippen MR) is 131 cm³/mol. The SMILES string of the molecule is CC1(Nc2nncn2[C@H]2CCc3sc(NC(=O)C4CC4)c(C(=O)NCC4CC4)c3C2)CCNC1. The fourth-order valence-electron chi connectivity index (χ4n) is 5.13. The smallest absolute Gasteiger partial charge is 0.254 e. The van der Waals surface area contributed by atoms with Gasteiger partial charge in [-0.25, -0.2) is 0 Å². The average Bonchev–Trinajstić information content (AvgIpc) is 3.72. The minimum Gasteiger partial charge on any atom is -0.352 e. The number of hydrogen-bond donors (Lipinski definition) is 4. The molecule has 0 aromatic carbocycles. The Bertz CT molecular complexity index is 1090. The van der Waals surface area contributed by atoms with Gasteiger partial charge in [-0.3, -0.25) is 14.2 Å². The van der Waals surface area contributed by atoms with Crippen LogP contribution in [0, 0.1) is 11.8 Å². The van der Waals surface area contributed by atoms with E-state index in [-0.39, 0.29) is 29.3 Å². The van der Waals surface area contributed by atoms with Crippen molar-refractivity contribution in [3.8, 4) is 0 Å². The summed E-state index contributed by atoms with van der Waals surface area (Å²) in [6.45, 7) is 4.82. The Morgan fingerprint density at radius 1 is 1.26 bits per heavy atom. The minimum absolute atomic E-state index is 0.0406. The van der Waals surface area contributed by atoms with Gasteiger partial charge in [-0.2, -0.15) is 0 Å². The van der Waals surface area contributed by atoms with Crippen molar-refractivity contribution in [1.82, 2.24) is 25.4 Å². The lowest BCUT2D eigenvalue weighted by atomic mass is 9.91. The molecule has 2 saturated carbocycles. The highest BCUT2D eigenvalue weighted by atomic mass is 32.1. The summed E-state index contributed by atoms with van der Waals surface area (Å²) in [6, 6.07) is 0.166. The van der Waals surface area contributed by atoms with Gasteiger partial charge in [-0.05, 0) is 76.3 Å². The molecule has 2 aromatic heterocycles. The number of carbonyl (C=O) groups excluding carboxylic acids is 2. The van der Waals surface area contributed by atoms with Gasteiger partial charge in [0.2, 0.25) is 11.9 Å². The summed E-state index contributed by atoms with van der Waals surface area (Å²) in [5, 5.41) is 22.6. The fourth-order valence-corrected chi connectivity index (χ4v) is 6.38. The third kappa shape index (κ3) is 4.45. The summed E-state index contributed by atoms with van der Waals surface area (Å²) >= 11 is 1.59. The van der Waals surface area contributed by atoms with Crippen molar-refractivity contribution >= 4 is 34.1 Å². The number of aromatic nitrogens is 3. The largest absolute Gasteiger partial charge is 0.352 e. The van der Waals surface area contributed by atoms with Crippen LogP contribution in [-0.4, -0.2) is 51.8 Å². The van der Waals surface area contributed by atoms with Crippen molar-refractivity contribution in [2.45, 2.75) is 69.9 Å². The molecule has 2 amide bonds. The maximum atomic E-state index is 13.3. The van der Waals surface area contributed by atoms with Crippen molar-refractivity contribution < 1.29 is 9.59 Å². The highest BCUT2D eigenvalue weighted by Crippen LogP contribution is 2.43. The zero-order chi connectivity index (χ0) is 23.3. The van der Waals surface area contributed by atoms with Gasteiger partial charge < -0.3 is 21.3 Å². The van der Waals surface area contributed by atoms with Gasteiger partial charge in [-0.15, -0.1) is 21.5 Å². The summed E-state index contributed by atoms with van der Waals surface area (Å²) < 4.78 is 2.14. The van der Waals surface area contributed by atoms with Gasteiger partial charge in [0.1, 0.15) is 11.3 Å². The van der Waals surface area contributed by atoms with E-state index in [2.05, 4.69) is 43.0 Å². The van der Waals surface area contributed by atoms with E-state index < -0.39 is 0 Å². The molecule has 1 aliphatic heterocycles. The summed E-state index contributed by atoms with van der Waals surface area (Å²) in [5.74, 6) is 1.49. The normalized spacial score (nSPS) is 26.2. The lowest BCUT2D eigenvalue weighted by Gasteiger charge is -2.29. The molecule has 182 valence electrons. The number of fused-ring (bicyclic) bond motifs is 1. The van der Waals surface area contributed by atoms with Crippen molar-refractivity contribution in [3.63, 3.8) is 0 Å². The predicted octanol–water partition coefficient (Wildman–Crippen LogP) is 2.72. The van der Waals surface area contributed by atoms with Gasteiger partial charge in [0, 0.05) is 29.9 Å². The summed E-state index contributed by atoms with van der Waals surface area (Å²) in [4.78, 5) is 27.1. The molecular weight excluding hydrogens is 450 g/mol. The molecule has 6 rings (SSSR count). The molecule has 3 aliphatic carbocycles. The molecule has 4 aliphatic rings. The van der Waals surface area contributed by atoms with E-state index in [1.807, 2.05) is 0 Å². The van der Waals surface area contributed by atoms with Gasteiger partial charge in [0.15, 0.2) is 0 Å². The Kier molecular flexibility index (Phi) is 5.60. The second kappa shape index (κ2) is 8.64. The number of carbonyl (C=O) groups is 2. The molecular formula is C24H33N7O2S. The molecule has 34 heavy (non-hydrogen) atoms. The number of hydrogen-bond acceptors (Lipinski definition) is 7. The minimum atomic E-state index is -0.0530. The third-order valence-corrected chi connectivity index (χ3v) is 8.85. The zero-order valence-corrected chi connectivity index (χ0v) is 20.5. The van der Waals surface area contributed by atoms with E-state index in [1.54, 1.807) is 17.7 Å². The van der Waals surface area contributed by atoms with Gasteiger partial charge >= 0.3 is 0 Å². The molecule has 3 fully saturated rings. The van der Waals surface area contributed by atoms with Crippen LogP contribution in [0.5, 0.6) is 0 Å². The lowest BCUT2D eigenvalue weighted by molar-refractivity contribution is -0.117. The standard InChI is InChI=1S/C24H33N7O2S/c1-24(8-9-25-12-24)29-23-30-27-13-31(23)16-6-7-18-17(10-16)19(21(33)26-11-14-2-3-14)22(34-18)28-20(32)15-4-5-15/h13-16,25H,2-12H2,1H3,(H,26,33)(H,28,32)(H,29,30)/t16-,24?/m0/s1. The van der Waals surface area contributed by atoms with Crippen LogP contribution in [0.15, 0.2) is 6.33 Å². The second-order valence-corrected chi connectivity index (χ2v) is 11.8. The Hall–Kier alpha value is -2.46. The van der Waals surface area contributed by atoms with Crippen LogP contribution in [0.1, 0.15) is 72.3 Å². The molecule has 9 nitrogen and oxygen atoms in total. The lowest BCUT2D eigenvalue weighted by Crippen LogP contribution is -2.38. The van der Waals surface area contributed by atoms with Gasteiger partial charge in [0.05, 0.1) is 11.1 Å². The quantitative estimate of drug-likeness (QED) is 0.459. The molecule has 3 heterocycles. The number of nitrogens with one attached hydrogen (secondary N) is 4. The molecule has 2 aromatic rings. The molecule has 0 bridgehead atoms. The molecule has 1 saturated heterocycles. The first kappa shape index (κ1) is 22.0. The van der Waals surface area contributed by atoms with Gasteiger partial charge in [-0.1, -0.05) is 0 Å². The van der Waals surface area contributed by atoms with E-state index in [4.69, 9.17) is 0 Å². The maximum absolute atomic E-state index is 13.3. The molecule has 0 spiro atoms. The Labute approximate surface area is 203 Å². The molecule has 10 heteroatoms. The monoisotopic (exact) mass is 483 g/mol. The van der Waals surface area contributed by atoms with Crippen LogP contribution in [0.4, 0.5) is 10.9 Å². The maximum Gasteiger partial charge on any atom is 0.254 e. The average molecular weight is 484 g/mol. The van der Waals surface area contributed by atoms with Crippen molar-refractivity contribution in [3.05, 3.63) is 22.3 Å². The zero-order valence-electron chi connectivity index (χ0n) is 19.7. The Morgan fingerprint density at radius 2 is 2.12 bits per heavy atom. The van der Waals surface area contributed by atoms with E-state index in [0.717, 1.165) is 74.7 Å². The van der Waals surface area contributed by atoms with Crippen molar-refractivity contribution in [2.75, 3.05) is 30.3 Å². The number of thiophene rings is 1. The fraction of sp³-hybridized carbons (Fsp3) is 0.667. The second-order valence-electron chi connectivity index (χ2n) is 10.7. The van der Waals surface area contributed by atoms with E-state index in [9.17, 15) is 9.59 Å². The number of anilines is 2. The van der Waals surface area contributed by atoms with Crippen LogP contribution < -0.4 is 21.3 Å². The first-order valence-corrected chi connectivity index (χ1v) is 13.4. The molecule has 2 atom stereocenters. The molecule has 1 unspecified atom stereocenters. The molecule has 4 N–H and O–H groups in total. The number of rotatable bonds is 8. The van der Waals surface area contributed by atoms with Gasteiger partial charge in [0.25, 0.3) is 5.91 Å². The summed E-state index contributed by atoms with van der Waals surface area (Å²) in [7, 11) is 0. The summed E-state index contributed by atoms with van der Waals surface area (Å²) in [6.07, 6.45) is 9.67. The number of nitrogens with zero attached hydrogens (tertiary/aromatic N) is 3. The van der Waals surface area contributed by atoms with Crippen LogP contribution in [0.2, 0.25) is 0 Å². The highest BCUT2D eigenvalue weighted by molar-refractivity contribution is 7.17. The van der Waals surface area contributed by atoms with E-state index in [1.165, 1.54) is 17.7 Å². The Morgan fingerprint density at radius 3 is 2.85 bits per heavy atom. The molecule has 0 radical (unpaired) electrons. The number of amides is 2. The summed E-state index contributed by atoms with van der Waals surface area (Å²) in [5.41, 5.74) is 1.71. The first-order valence-electron chi connectivity index (χ1n) is 12.6. The van der Waals surface area contributed by atoms with Crippen molar-refractivity contribution in [1.29, 1.82) is 0 Å². The highest BCUT2D eigenvalue weighted by Gasteiger charge is 2.36. The first-order chi connectivity index (χ1) is 16.5. The topological polar surface area (TPSA) is 113 Å². The Balaban J connectivity index is 1.26. The van der Waals surface area contributed by atoms with Crippen LogP contribution in [0.3, 0.4) is 0 Å². The van der Waals surface area contributed by atoms with Crippen LogP contribution in [-0.2, 0) is 17.6 Å². The third-order valence-electron chi connectivity index (χ3n) is 7.64. The van der Waals surface area contributed by atoms with Crippen LogP contribution in [0.25, 0.3) is 0 Å².